The van der Waals surface area contributed by atoms with Gasteiger partial charge in [-0.15, -0.1) is 0 Å². The lowest BCUT2D eigenvalue weighted by molar-refractivity contribution is 0.207. The molecule has 0 amide bonds. The van der Waals surface area contributed by atoms with Crippen molar-refractivity contribution >= 4 is 0 Å². The first kappa shape index (κ1) is 13.4. The van der Waals surface area contributed by atoms with Crippen LogP contribution in [0.25, 0.3) is 0 Å². The fraction of sp³-hybridized carbons (Fsp3) is 0.625. The SMILES string of the molecule is Cc1cc(CC(C)N)cc(C)c1OC1CCCC1. The number of nitrogens with two attached hydrogens (primary N) is 1. The van der Waals surface area contributed by atoms with Gasteiger partial charge in [0.2, 0.25) is 0 Å². The van der Waals surface area contributed by atoms with Crippen molar-refractivity contribution in [2.24, 2.45) is 5.73 Å². The van der Waals surface area contributed by atoms with Gasteiger partial charge in [0, 0.05) is 6.04 Å². The molecule has 1 saturated carbocycles. The fourth-order valence-electron chi connectivity index (χ4n) is 2.89. The van der Waals surface area contributed by atoms with Crippen LogP contribution in [-0.2, 0) is 6.42 Å². The Morgan fingerprint density at radius 3 is 2.28 bits per heavy atom. The van der Waals surface area contributed by atoms with Crippen molar-refractivity contribution in [1.82, 2.24) is 0 Å². The third-order valence-electron chi connectivity index (χ3n) is 3.66. The summed E-state index contributed by atoms with van der Waals surface area (Å²) in [6, 6.07) is 4.66. The highest BCUT2D eigenvalue weighted by atomic mass is 16.5. The van der Waals surface area contributed by atoms with Crippen LogP contribution in [-0.4, -0.2) is 12.1 Å². The molecule has 100 valence electrons. The van der Waals surface area contributed by atoms with Gasteiger partial charge in [-0.05, 0) is 69.6 Å². The van der Waals surface area contributed by atoms with Gasteiger partial charge in [-0.2, -0.15) is 0 Å². The topological polar surface area (TPSA) is 35.2 Å². The van der Waals surface area contributed by atoms with E-state index >= 15 is 0 Å². The Kier molecular flexibility index (Phi) is 4.28. The Morgan fingerprint density at radius 1 is 1.22 bits per heavy atom. The lowest BCUT2D eigenvalue weighted by Gasteiger charge is -2.19. The van der Waals surface area contributed by atoms with Crippen LogP contribution >= 0.6 is 0 Å². The van der Waals surface area contributed by atoms with Gasteiger partial charge in [-0.25, -0.2) is 0 Å². The van der Waals surface area contributed by atoms with Crippen LogP contribution in [0.2, 0.25) is 0 Å². The van der Waals surface area contributed by atoms with E-state index in [1.165, 1.54) is 42.4 Å². The highest BCUT2D eigenvalue weighted by molar-refractivity contribution is 5.43. The van der Waals surface area contributed by atoms with Crippen molar-refractivity contribution < 1.29 is 4.74 Å². The number of ether oxygens (including phenoxy) is 1. The molecule has 2 nitrogen and oxygen atoms in total. The van der Waals surface area contributed by atoms with Crippen LogP contribution in [0.4, 0.5) is 0 Å². The predicted octanol–water partition coefficient (Wildman–Crippen LogP) is 3.51. The van der Waals surface area contributed by atoms with Crippen LogP contribution in [0, 0.1) is 13.8 Å². The third-order valence-corrected chi connectivity index (χ3v) is 3.66. The normalized spacial score (nSPS) is 18.0. The van der Waals surface area contributed by atoms with Crippen molar-refractivity contribution in [3.05, 3.63) is 28.8 Å². The summed E-state index contributed by atoms with van der Waals surface area (Å²) in [4.78, 5) is 0. The second kappa shape index (κ2) is 5.75. The molecular formula is C16H25NO. The quantitative estimate of drug-likeness (QED) is 0.883. The Bertz CT molecular complexity index is 383. The summed E-state index contributed by atoms with van der Waals surface area (Å²) in [5, 5.41) is 0. The predicted molar refractivity (Wildman–Crippen MR) is 76.2 cm³/mol. The third kappa shape index (κ3) is 3.26. The van der Waals surface area contributed by atoms with E-state index in [1.54, 1.807) is 0 Å². The second-order valence-electron chi connectivity index (χ2n) is 5.76. The minimum atomic E-state index is 0.213. The van der Waals surface area contributed by atoms with E-state index in [9.17, 15) is 0 Å². The maximum absolute atomic E-state index is 6.17. The minimum Gasteiger partial charge on any atom is -0.490 e. The maximum Gasteiger partial charge on any atom is 0.125 e. The lowest BCUT2D eigenvalue weighted by atomic mass is 10.0. The van der Waals surface area contributed by atoms with Crippen LogP contribution in [0.5, 0.6) is 5.75 Å². The van der Waals surface area contributed by atoms with E-state index in [-0.39, 0.29) is 6.04 Å². The molecule has 1 fully saturated rings. The van der Waals surface area contributed by atoms with Gasteiger partial charge >= 0.3 is 0 Å². The Hall–Kier alpha value is -1.02. The standard InChI is InChI=1S/C16H25NO/c1-11-8-14(10-13(3)17)9-12(2)16(11)18-15-6-4-5-7-15/h8-9,13,15H,4-7,10,17H2,1-3H3. The lowest BCUT2D eigenvalue weighted by Crippen LogP contribution is -2.18. The van der Waals surface area contributed by atoms with E-state index in [1.807, 2.05) is 6.92 Å². The van der Waals surface area contributed by atoms with Gasteiger partial charge in [0.15, 0.2) is 0 Å². The Labute approximate surface area is 111 Å². The van der Waals surface area contributed by atoms with Crippen LogP contribution in [0.3, 0.4) is 0 Å². The molecule has 18 heavy (non-hydrogen) atoms. The van der Waals surface area contributed by atoms with Gasteiger partial charge in [0.1, 0.15) is 5.75 Å². The molecule has 0 saturated heterocycles. The summed E-state index contributed by atoms with van der Waals surface area (Å²) in [5.41, 5.74) is 9.68. The molecule has 2 N–H and O–H groups in total. The summed E-state index contributed by atoms with van der Waals surface area (Å²) in [5.74, 6) is 1.09. The molecule has 2 heteroatoms. The Balaban J connectivity index is 2.15. The van der Waals surface area contributed by atoms with E-state index < -0.39 is 0 Å². The smallest absolute Gasteiger partial charge is 0.125 e. The summed E-state index contributed by atoms with van der Waals surface area (Å²) >= 11 is 0. The fourth-order valence-corrected chi connectivity index (χ4v) is 2.89. The largest absolute Gasteiger partial charge is 0.490 e. The molecule has 0 radical (unpaired) electrons. The molecule has 1 aliphatic rings. The summed E-state index contributed by atoms with van der Waals surface area (Å²) in [6.45, 7) is 6.33. The molecule has 1 aromatic rings. The first-order valence-corrected chi connectivity index (χ1v) is 7.08. The average molecular weight is 247 g/mol. The van der Waals surface area contributed by atoms with Gasteiger partial charge in [-0.3, -0.25) is 0 Å². The molecule has 0 bridgehead atoms. The van der Waals surface area contributed by atoms with Crippen molar-refractivity contribution in [1.29, 1.82) is 0 Å². The molecule has 0 aliphatic heterocycles. The first-order valence-electron chi connectivity index (χ1n) is 7.08. The molecule has 1 unspecified atom stereocenters. The van der Waals surface area contributed by atoms with Crippen LogP contribution in [0.1, 0.15) is 49.3 Å². The minimum absolute atomic E-state index is 0.213. The summed E-state index contributed by atoms with van der Waals surface area (Å²) in [7, 11) is 0. The number of aryl methyl sites for hydroxylation is 2. The van der Waals surface area contributed by atoms with E-state index in [4.69, 9.17) is 10.5 Å². The van der Waals surface area contributed by atoms with Crippen molar-refractivity contribution in [3.8, 4) is 5.75 Å². The van der Waals surface area contributed by atoms with Gasteiger partial charge in [-0.1, -0.05) is 12.1 Å². The molecule has 0 heterocycles. The summed E-state index contributed by atoms with van der Waals surface area (Å²) in [6.07, 6.45) is 6.41. The van der Waals surface area contributed by atoms with E-state index in [0.717, 1.165) is 12.2 Å². The Morgan fingerprint density at radius 2 is 1.78 bits per heavy atom. The first-order chi connectivity index (χ1) is 8.56. The van der Waals surface area contributed by atoms with E-state index in [0.29, 0.717) is 6.10 Å². The highest BCUT2D eigenvalue weighted by Gasteiger charge is 2.18. The maximum atomic E-state index is 6.17. The van der Waals surface area contributed by atoms with Crippen molar-refractivity contribution in [3.63, 3.8) is 0 Å². The van der Waals surface area contributed by atoms with Gasteiger partial charge in [0.25, 0.3) is 0 Å². The summed E-state index contributed by atoms with van der Waals surface area (Å²) < 4.78 is 6.17. The molecule has 1 atom stereocenters. The molecule has 1 aliphatic carbocycles. The molecule has 0 aromatic heterocycles. The monoisotopic (exact) mass is 247 g/mol. The molecular weight excluding hydrogens is 222 g/mol. The highest BCUT2D eigenvalue weighted by Crippen LogP contribution is 2.30. The van der Waals surface area contributed by atoms with Crippen molar-refractivity contribution in [2.75, 3.05) is 0 Å². The van der Waals surface area contributed by atoms with Gasteiger partial charge in [0.05, 0.1) is 6.10 Å². The van der Waals surface area contributed by atoms with E-state index in [2.05, 4.69) is 26.0 Å². The average Bonchev–Trinajstić information content (AvgIpc) is 2.75. The van der Waals surface area contributed by atoms with Crippen LogP contribution < -0.4 is 10.5 Å². The number of benzene rings is 1. The number of hydrogen-bond donors (Lipinski definition) is 1. The number of rotatable bonds is 4. The molecule has 0 spiro atoms. The van der Waals surface area contributed by atoms with Crippen LogP contribution in [0.15, 0.2) is 12.1 Å². The molecule has 1 aromatic carbocycles. The van der Waals surface area contributed by atoms with Crippen molar-refractivity contribution in [2.45, 2.75) is 65.0 Å². The zero-order valence-corrected chi connectivity index (χ0v) is 11.8. The zero-order valence-electron chi connectivity index (χ0n) is 11.8. The number of hydrogen-bond acceptors (Lipinski definition) is 2. The molecule has 2 rings (SSSR count). The van der Waals surface area contributed by atoms with Gasteiger partial charge < -0.3 is 10.5 Å². The second-order valence-corrected chi connectivity index (χ2v) is 5.76. The zero-order chi connectivity index (χ0) is 13.1.